The fraction of sp³-hybridized carbons (Fsp3) is 0.533. The van der Waals surface area contributed by atoms with E-state index in [2.05, 4.69) is 23.6 Å². The Hall–Kier alpha value is -1.51. The maximum absolute atomic E-state index is 11.9. The topological polar surface area (TPSA) is 41.1 Å². The zero-order valence-electron chi connectivity index (χ0n) is 11.0. The van der Waals surface area contributed by atoms with Gasteiger partial charge in [-0.25, -0.2) is 4.79 Å². The third-order valence-electron chi connectivity index (χ3n) is 3.48. The minimum atomic E-state index is -0.0644. The molecule has 0 spiro atoms. The van der Waals surface area contributed by atoms with Crippen molar-refractivity contribution < 1.29 is 4.79 Å². The summed E-state index contributed by atoms with van der Waals surface area (Å²) in [7, 11) is 0. The zero-order valence-corrected chi connectivity index (χ0v) is 11.0. The van der Waals surface area contributed by atoms with Crippen LogP contribution in [0.1, 0.15) is 44.6 Å². The summed E-state index contributed by atoms with van der Waals surface area (Å²) in [5.74, 6) is 0. The number of para-hydroxylation sites is 1. The minimum Gasteiger partial charge on any atom is -0.335 e. The average molecular weight is 246 g/mol. The summed E-state index contributed by atoms with van der Waals surface area (Å²) < 4.78 is 0. The number of hydrogen-bond acceptors (Lipinski definition) is 1. The van der Waals surface area contributed by atoms with E-state index in [1.807, 2.05) is 18.2 Å². The van der Waals surface area contributed by atoms with Crippen molar-refractivity contribution in [3.8, 4) is 0 Å². The van der Waals surface area contributed by atoms with Crippen LogP contribution < -0.4 is 10.6 Å². The molecule has 1 aromatic carbocycles. The van der Waals surface area contributed by atoms with Crippen molar-refractivity contribution in [2.45, 2.75) is 51.5 Å². The van der Waals surface area contributed by atoms with E-state index in [0.717, 1.165) is 31.4 Å². The molecular formula is C15H22N2O. The van der Waals surface area contributed by atoms with Crippen molar-refractivity contribution >= 4 is 11.7 Å². The lowest BCUT2D eigenvalue weighted by Crippen LogP contribution is -2.36. The predicted octanol–water partition coefficient (Wildman–Crippen LogP) is 3.70. The van der Waals surface area contributed by atoms with Gasteiger partial charge in [-0.05, 0) is 30.9 Å². The van der Waals surface area contributed by atoms with Crippen molar-refractivity contribution in [3.63, 3.8) is 0 Å². The Balaban J connectivity index is 1.93. The van der Waals surface area contributed by atoms with Crippen LogP contribution in [0.3, 0.4) is 0 Å². The normalized spacial score (nSPS) is 15.6. The molecule has 3 heteroatoms. The van der Waals surface area contributed by atoms with Crippen LogP contribution in [0.15, 0.2) is 24.3 Å². The molecule has 0 radical (unpaired) electrons. The second-order valence-electron chi connectivity index (χ2n) is 4.99. The second kappa shape index (κ2) is 6.43. The fourth-order valence-electron chi connectivity index (χ4n) is 2.54. The van der Waals surface area contributed by atoms with Gasteiger partial charge in [-0.2, -0.15) is 0 Å². The molecule has 0 atom stereocenters. The number of aryl methyl sites for hydroxylation is 1. The average Bonchev–Trinajstić information content (AvgIpc) is 2.84. The Kier molecular flexibility index (Phi) is 4.62. The molecule has 3 nitrogen and oxygen atoms in total. The number of anilines is 1. The number of carbonyl (C=O) groups excluding carboxylic acids is 1. The summed E-state index contributed by atoms with van der Waals surface area (Å²) in [4.78, 5) is 11.9. The number of nitrogens with one attached hydrogen (secondary N) is 2. The summed E-state index contributed by atoms with van der Waals surface area (Å²) >= 11 is 0. The van der Waals surface area contributed by atoms with Gasteiger partial charge in [0.05, 0.1) is 0 Å². The van der Waals surface area contributed by atoms with Gasteiger partial charge in [0.1, 0.15) is 0 Å². The highest BCUT2D eigenvalue weighted by atomic mass is 16.2. The number of amides is 2. The van der Waals surface area contributed by atoms with E-state index in [0.29, 0.717) is 6.04 Å². The van der Waals surface area contributed by atoms with Crippen LogP contribution in [-0.4, -0.2) is 12.1 Å². The number of benzene rings is 1. The van der Waals surface area contributed by atoms with Gasteiger partial charge in [0.15, 0.2) is 0 Å². The zero-order chi connectivity index (χ0) is 12.8. The van der Waals surface area contributed by atoms with Crippen LogP contribution in [-0.2, 0) is 6.42 Å². The van der Waals surface area contributed by atoms with E-state index in [-0.39, 0.29) is 6.03 Å². The minimum absolute atomic E-state index is 0.0644. The van der Waals surface area contributed by atoms with E-state index in [4.69, 9.17) is 0 Å². The van der Waals surface area contributed by atoms with Gasteiger partial charge >= 0.3 is 6.03 Å². The predicted molar refractivity (Wildman–Crippen MR) is 74.8 cm³/mol. The number of rotatable bonds is 4. The maximum Gasteiger partial charge on any atom is 0.319 e. The van der Waals surface area contributed by atoms with E-state index in [9.17, 15) is 4.79 Å². The molecule has 1 saturated carbocycles. The third-order valence-corrected chi connectivity index (χ3v) is 3.48. The highest BCUT2D eigenvalue weighted by Crippen LogP contribution is 2.19. The lowest BCUT2D eigenvalue weighted by atomic mass is 10.1. The molecule has 1 fully saturated rings. The third kappa shape index (κ3) is 3.49. The monoisotopic (exact) mass is 246 g/mol. The van der Waals surface area contributed by atoms with Gasteiger partial charge in [0, 0.05) is 11.7 Å². The maximum atomic E-state index is 11.9. The van der Waals surface area contributed by atoms with E-state index in [1.165, 1.54) is 18.4 Å². The lowest BCUT2D eigenvalue weighted by molar-refractivity contribution is 0.248. The summed E-state index contributed by atoms with van der Waals surface area (Å²) in [6.07, 6.45) is 6.78. The highest BCUT2D eigenvalue weighted by molar-refractivity contribution is 5.90. The molecule has 1 aliphatic carbocycles. The molecule has 0 saturated heterocycles. The quantitative estimate of drug-likeness (QED) is 0.835. The van der Waals surface area contributed by atoms with Crippen LogP contribution in [0.4, 0.5) is 10.5 Å². The van der Waals surface area contributed by atoms with Crippen molar-refractivity contribution in [1.29, 1.82) is 0 Å². The lowest BCUT2D eigenvalue weighted by Gasteiger charge is -2.15. The first-order chi connectivity index (χ1) is 8.79. The molecule has 1 aromatic rings. The first kappa shape index (κ1) is 12.9. The SMILES string of the molecule is CCCc1ccccc1NC(=O)NC1CCCC1. The highest BCUT2D eigenvalue weighted by Gasteiger charge is 2.17. The number of carbonyl (C=O) groups is 1. The van der Waals surface area contributed by atoms with Gasteiger partial charge in [0.2, 0.25) is 0 Å². The van der Waals surface area contributed by atoms with Crippen molar-refractivity contribution in [3.05, 3.63) is 29.8 Å². The van der Waals surface area contributed by atoms with Crippen LogP contribution in [0.25, 0.3) is 0 Å². The van der Waals surface area contributed by atoms with Crippen LogP contribution >= 0.6 is 0 Å². The largest absolute Gasteiger partial charge is 0.335 e. The molecular weight excluding hydrogens is 224 g/mol. The number of hydrogen-bond donors (Lipinski definition) is 2. The standard InChI is InChI=1S/C15H22N2O/c1-2-7-12-8-3-6-11-14(12)17-15(18)16-13-9-4-5-10-13/h3,6,8,11,13H,2,4-5,7,9-10H2,1H3,(H2,16,17,18). The fourth-order valence-corrected chi connectivity index (χ4v) is 2.54. The Bertz CT molecular complexity index is 397. The summed E-state index contributed by atoms with van der Waals surface area (Å²) in [5.41, 5.74) is 2.15. The molecule has 98 valence electrons. The molecule has 0 bridgehead atoms. The Morgan fingerprint density at radius 1 is 1.28 bits per heavy atom. The molecule has 0 unspecified atom stereocenters. The van der Waals surface area contributed by atoms with E-state index >= 15 is 0 Å². The summed E-state index contributed by atoms with van der Waals surface area (Å²) in [6.45, 7) is 2.15. The van der Waals surface area contributed by atoms with Gasteiger partial charge < -0.3 is 10.6 Å². The second-order valence-corrected chi connectivity index (χ2v) is 4.99. The molecule has 18 heavy (non-hydrogen) atoms. The van der Waals surface area contributed by atoms with Crippen molar-refractivity contribution in [2.75, 3.05) is 5.32 Å². The first-order valence-electron chi connectivity index (χ1n) is 6.95. The smallest absolute Gasteiger partial charge is 0.319 e. The molecule has 2 N–H and O–H groups in total. The molecule has 1 aliphatic rings. The molecule has 2 rings (SSSR count). The molecule has 2 amide bonds. The Labute approximate surface area is 109 Å². The Morgan fingerprint density at radius 2 is 2.00 bits per heavy atom. The molecule has 0 heterocycles. The van der Waals surface area contributed by atoms with E-state index < -0.39 is 0 Å². The molecule has 0 aliphatic heterocycles. The molecule has 0 aromatic heterocycles. The van der Waals surface area contributed by atoms with Crippen LogP contribution in [0.2, 0.25) is 0 Å². The summed E-state index contributed by atoms with van der Waals surface area (Å²) in [6, 6.07) is 8.33. The van der Waals surface area contributed by atoms with Gasteiger partial charge in [-0.15, -0.1) is 0 Å². The van der Waals surface area contributed by atoms with Crippen molar-refractivity contribution in [1.82, 2.24) is 5.32 Å². The van der Waals surface area contributed by atoms with Gasteiger partial charge in [-0.1, -0.05) is 44.4 Å². The van der Waals surface area contributed by atoms with Crippen LogP contribution in [0, 0.1) is 0 Å². The Morgan fingerprint density at radius 3 is 2.72 bits per heavy atom. The van der Waals surface area contributed by atoms with Crippen molar-refractivity contribution in [2.24, 2.45) is 0 Å². The van der Waals surface area contributed by atoms with Gasteiger partial charge in [0.25, 0.3) is 0 Å². The summed E-state index contributed by atoms with van der Waals surface area (Å²) in [5, 5.41) is 6.02. The van der Waals surface area contributed by atoms with Crippen LogP contribution in [0.5, 0.6) is 0 Å². The number of urea groups is 1. The van der Waals surface area contributed by atoms with E-state index in [1.54, 1.807) is 0 Å². The first-order valence-corrected chi connectivity index (χ1v) is 6.95. The van der Waals surface area contributed by atoms with Gasteiger partial charge in [-0.3, -0.25) is 0 Å².